The van der Waals surface area contributed by atoms with Crippen LogP contribution in [0.2, 0.25) is 0 Å². The average Bonchev–Trinajstić information content (AvgIpc) is 3.54. The van der Waals surface area contributed by atoms with E-state index >= 15 is 0 Å². The predicted octanol–water partition coefficient (Wildman–Crippen LogP) is 4.60. The Labute approximate surface area is 218 Å². The van der Waals surface area contributed by atoms with Gasteiger partial charge in [0.1, 0.15) is 23.2 Å². The first-order valence-electron chi connectivity index (χ1n) is 11.4. The summed E-state index contributed by atoms with van der Waals surface area (Å²) in [6, 6.07) is 7.99. The molecule has 4 heterocycles. The molecule has 1 unspecified atom stereocenters. The van der Waals surface area contributed by atoms with Crippen LogP contribution >= 0.6 is 0 Å². The minimum atomic E-state index is -4.73. The van der Waals surface area contributed by atoms with Crippen LogP contribution in [-0.4, -0.2) is 42.2 Å². The number of imidazole rings is 1. The molecule has 0 aliphatic heterocycles. The first kappa shape index (κ1) is 25.6. The van der Waals surface area contributed by atoms with E-state index in [0.29, 0.717) is 0 Å². The fourth-order valence-corrected chi connectivity index (χ4v) is 4.12. The number of carbonyl (C=O) groups is 1. The standard InChI is InChI=1S/C25H20F4N8O2/c1-13(14-3-5-16(26)6-4-14)36-10-20(33-12-36)35-23(38)17-7-15(9-31-24(17)39-2)19-8-18(25(27,28)29)21-22(30)32-11-34-37(19)21/h3-13H,1-2H3,(H,35,38)(H2,30,32,34). The van der Waals surface area contributed by atoms with E-state index in [1.54, 1.807) is 22.9 Å². The molecule has 14 heteroatoms. The van der Waals surface area contributed by atoms with Crippen LogP contribution in [0.3, 0.4) is 0 Å². The minimum absolute atomic E-state index is 0.00645. The molecule has 5 aromatic rings. The van der Waals surface area contributed by atoms with Gasteiger partial charge in [-0.2, -0.15) is 18.3 Å². The number of anilines is 2. The van der Waals surface area contributed by atoms with E-state index < -0.39 is 23.2 Å². The minimum Gasteiger partial charge on any atom is -0.480 e. The number of hydrogen-bond donors (Lipinski definition) is 2. The number of methoxy groups -OCH3 is 1. The molecule has 0 bridgehead atoms. The molecule has 3 N–H and O–H groups in total. The molecule has 0 spiro atoms. The van der Waals surface area contributed by atoms with E-state index in [1.807, 2.05) is 6.92 Å². The van der Waals surface area contributed by atoms with Crippen LogP contribution in [0.15, 0.2) is 61.4 Å². The van der Waals surface area contributed by atoms with Crippen LogP contribution in [0.25, 0.3) is 16.8 Å². The molecular weight excluding hydrogens is 520 g/mol. The first-order valence-corrected chi connectivity index (χ1v) is 11.4. The highest BCUT2D eigenvalue weighted by molar-refractivity contribution is 6.06. The molecule has 0 aliphatic carbocycles. The molecular formula is C25H20F4N8O2. The van der Waals surface area contributed by atoms with Gasteiger partial charge in [-0.3, -0.25) is 4.79 Å². The monoisotopic (exact) mass is 540 g/mol. The number of alkyl halides is 3. The largest absolute Gasteiger partial charge is 0.480 e. The molecule has 0 saturated carbocycles. The van der Waals surface area contributed by atoms with E-state index in [-0.39, 0.29) is 46.2 Å². The third-order valence-electron chi connectivity index (χ3n) is 6.12. The Kier molecular flexibility index (Phi) is 6.38. The maximum atomic E-state index is 13.7. The molecule has 1 aromatic carbocycles. The number of pyridine rings is 1. The van der Waals surface area contributed by atoms with Crippen molar-refractivity contribution in [2.24, 2.45) is 0 Å². The highest BCUT2D eigenvalue weighted by Crippen LogP contribution is 2.39. The zero-order valence-corrected chi connectivity index (χ0v) is 20.4. The lowest BCUT2D eigenvalue weighted by molar-refractivity contribution is -0.136. The van der Waals surface area contributed by atoms with Crippen LogP contribution in [0.4, 0.5) is 29.2 Å². The number of ether oxygens (including phenoxy) is 1. The molecule has 1 atom stereocenters. The molecule has 0 radical (unpaired) electrons. The molecule has 1 amide bonds. The Hall–Kier alpha value is -5.01. The topological polar surface area (TPSA) is 125 Å². The smallest absolute Gasteiger partial charge is 0.418 e. The van der Waals surface area contributed by atoms with Crippen molar-refractivity contribution in [3.05, 3.63) is 84.0 Å². The van der Waals surface area contributed by atoms with Crippen LogP contribution in [0.5, 0.6) is 5.88 Å². The number of aromatic nitrogens is 6. The number of fused-ring (bicyclic) bond motifs is 1. The SMILES string of the molecule is COc1ncc(-c2cc(C(F)(F)F)c3c(N)ncnn23)cc1C(=O)Nc1cn(C(C)c2ccc(F)cc2)cn1. The summed E-state index contributed by atoms with van der Waals surface area (Å²) in [6.07, 6.45) is 0.650. The van der Waals surface area contributed by atoms with Crippen molar-refractivity contribution < 1.29 is 27.1 Å². The van der Waals surface area contributed by atoms with Gasteiger partial charge >= 0.3 is 6.18 Å². The Balaban J connectivity index is 1.47. The number of nitrogen functional groups attached to an aromatic ring is 1. The van der Waals surface area contributed by atoms with Crippen molar-refractivity contribution >= 4 is 23.1 Å². The summed E-state index contributed by atoms with van der Waals surface area (Å²) in [5, 5.41) is 6.56. The first-order chi connectivity index (χ1) is 18.6. The fraction of sp³-hybridized carbons (Fsp3) is 0.160. The summed E-state index contributed by atoms with van der Waals surface area (Å²) < 4.78 is 62.4. The molecule has 10 nitrogen and oxygen atoms in total. The Bertz CT molecular complexity index is 1680. The van der Waals surface area contributed by atoms with Gasteiger partial charge in [-0.05, 0) is 36.8 Å². The molecule has 200 valence electrons. The maximum absolute atomic E-state index is 13.7. The van der Waals surface area contributed by atoms with Gasteiger partial charge in [0, 0.05) is 18.0 Å². The number of nitrogens with zero attached hydrogens (tertiary/aromatic N) is 6. The Morgan fingerprint density at radius 1 is 1.13 bits per heavy atom. The van der Waals surface area contributed by atoms with Crippen molar-refractivity contribution in [1.82, 2.24) is 29.1 Å². The Morgan fingerprint density at radius 3 is 2.56 bits per heavy atom. The molecule has 5 rings (SSSR count). The van der Waals surface area contributed by atoms with Crippen LogP contribution < -0.4 is 15.8 Å². The van der Waals surface area contributed by atoms with Gasteiger partial charge in [-0.1, -0.05) is 12.1 Å². The number of rotatable bonds is 6. The number of nitrogens with one attached hydrogen (secondary N) is 1. The molecule has 0 fully saturated rings. The normalized spacial score (nSPS) is 12.5. The summed E-state index contributed by atoms with van der Waals surface area (Å²) in [6.45, 7) is 1.88. The van der Waals surface area contributed by atoms with E-state index in [0.717, 1.165) is 22.5 Å². The summed E-state index contributed by atoms with van der Waals surface area (Å²) in [7, 11) is 1.31. The molecule has 0 saturated heterocycles. The second kappa shape index (κ2) is 9.70. The van der Waals surface area contributed by atoms with Gasteiger partial charge < -0.3 is 20.4 Å². The molecule has 0 aliphatic rings. The molecule has 39 heavy (non-hydrogen) atoms. The second-order valence-corrected chi connectivity index (χ2v) is 8.52. The summed E-state index contributed by atoms with van der Waals surface area (Å²) in [5.41, 5.74) is 5.20. The number of halogens is 4. The van der Waals surface area contributed by atoms with Crippen LogP contribution in [0.1, 0.15) is 34.5 Å². The van der Waals surface area contributed by atoms with Crippen molar-refractivity contribution in [3.8, 4) is 17.1 Å². The Morgan fingerprint density at radius 2 is 1.87 bits per heavy atom. The highest BCUT2D eigenvalue weighted by atomic mass is 19.4. The zero-order valence-electron chi connectivity index (χ0n) is 20.4. The summed E-state index contributed by atoms with van der Waals surface area (Å²) in [4.78, 5) is 25.2. The third kappa shape index (κ3) is 4.83. The van der Waals surface area contributed by atoms with Crippen molar-refractivity contribution in [1.29, 1.82) is 0 Å². The van der Waals surface area contributed by atoms with Crippen molar-refractivity contribution in [2.75, 3.05) is 18.2 Å². The number of nitrogens with two attached hydrogens (primary N) is 1. The van der Waals surface area contributed by atoms with E-state index in [4.69, 9.17) is 10.5 Å². The number of carbonyl (C=O) groups excluding carboxylic acids is 1. The maximum Gasteiger partial charge on any atom is 0.418 e. The predicted molar refractivity (Wildman–Crippen MR) is 133 cm³/mol. The van der Waals surface area contributed by atoms with Gasteiger partial charge in [0.25, 0.3) is 5.91 Å². The zero-order chi connectivity index (χ0) is 27.9. The van der Waals surface area contributed by atoms with Gasteiger partial charge in [0.2, 0.25) is 5.88 Å². The third-order valence-corrected chi connectivity index (χ3v) is 6.12. The highest BCUT2D eigenvalue weighted by Gasteiger charge is 2.36. The van der Waals surface area contributed by atoms with E-state index in [1.165, 1.54) is 37.8 Å². The fourth-order valence-electron chi connectivity index (χ4n) is 4.12. The number of amides is 1. The van der Waals surface area contributed by atoms with E-state index in [9.17, 15) is 22.4 Å². The lowest BCUT2D eigenvalue weighted by Gasteiger charge is -2.13. The lowest BCUT2D eigenvalue weighted by atomic mass is 10.1. The van der Waals surface area contributed by atoms with Gasteiger partial charge in [0.05, 0.1) is 30.7 Å². The van der Waals surface area contributed by atoms with Crippen LogP contribution in [0, 0.1) is 5.82 Å². The number of hydrogen-bond acceptors (Lipinski definition) is 7. The van der Waals surface area contributed by atoms with Gasteiger partial charge in [-0.25, -0.2) is 23.9 Å². The van der Waals surface area contributed by atoms with E-state index in [2.05, 4.69) is 25.4 Å². The van der Waals surface area contributed by atoms with Crippen molar-refractivity contribution in [2.45, 2.75) is 19.1 Å². The van der Waals surface area contributed by atoms with Crippen LogP contribution in [-0.2, 0) is 6.18 Å². The average molecular weight is 540 g/mol. The van der Waals surface area contributed by atoms with Crippen molar-refractivity contribution in [3.63, 3.8) is 0 Å². The molecule has 4 aromatic heterocycles. The quantitative estimate of drug-likeness (QED) is 0.302. The lowest BCUT2D eigenvalue weighted by Crippen LogP contribution is -2.14. The van der Waals surface area contributed by atoms with Gasteiger partial charge in [0.15, 0.2) is 11.6 Å². The summed E-state index contributed by atoms with van der Waals surface area (Å²) in [5.74, 6) is -1.22. The van der Waals surface area contributed by atoms with Gasteiger partial charge in [-0.15, -0.1) is 0 Å². The second-order valence-electron chi connectivity index (χ2n) is 8.52. The summed E-state index contributed by atoms with van der Waals surface area (Å²) >= 11 is 0. The number of benzene rings is 1.